The Hall–Kier alpha value is -2.47. The average Bonchev–Trinajstić information content (AvgIpc) is 2.81. The third-order valence-electron chi connectivity index (χ3n) is 3.50. The van der Waals surface area contributed by atoms with E-state index in [-0.39, 0.29) is 5.91 Å². The molecule has 1 aromatic carbocycles. The van der Waals surface area contributed by atoms with Crippen molar-refractivity contribution in [1.82, 2.24) is 4.98 Å². The van der Waals surface area contributed by atoms with Gasteiger partial charge in [-0.25, -0.2) is 4.98 Å². The maximum atomic E-state index is 12.2. The third kappa shape index (κ3) is 4.08. The van der Waals surface area contributed by atoms with Gasteiger partial charge in [0.1, 0.15) is 11.9 Å². The van der Waals surface area contributed by atoms with Gasteiger partial charge in [-0.05, 0) is 31.2 Å². The Morgan fingerprint density at radius 3 is 2.75 bits per heavy atom. The number of nitrogens with one attached hydrogen (secondary N) is 2. The van der Waals surface area contributed by atoms with Crippen LogP contribution in [-0.4, -0.2) is 30.1 Å². The zero-order valence-corrected chi connectivity index (χ0v) is 14.0. The lowest BCUT2D eigenvalue weighted by molar-refractivity contribution is -0.116. The maximum absolute atomic E-state index is 12.2. The Morgan fingerprint density at radius 1 is 1.21 bits per heavy atom. The van der Waals surface area contributed by atoms with E-state index in [1.54, 1.807) is 19.1 Å². The van der Waals surface area contributed by atoms with Crippen LogP contribution in [-0.2, 0) is 4.79 Å². The minimum atomic E-state index is -0.452. The molecule has 1 atom stereocenters. The van der Waals surface area contributed by atoms with E-state index in [1.165, 1.54) is 6.20 Å². The number of halogens is 1. The van der Waals surface area contributed by atoms with Crippen molar-refractivity contribution < 1.29 is 14.3 Å². The van der Waals surface area contributed by atoms with Crippen LogP contribution in [0.4, 0.5) is 11.5 Å². The summed E-state index contributed by atoms with van der Waals surface area (Å²) in [5, 5.41) is 6.40. The van der Waals surface area contributed by atoms with Crippen LogP contribution in [0.2, 0.25) is 5.02 Å². The maximum Gasteiger partial charge on any atom is 0.247 e. The summed E-state index contributed by atoms with van der Waals surface area (Å²) < 4.78 is 11.2. The lowest BCUT2D eigenvalue weighted by Gasteiger charge is -2.16. The zero-order valence-electron chi connectivity index (χ0n) is 13.2. The van der Waals surface area contributed by atoms with Gasteiger partial charge >= 0.3 is 0 Å². The molecule has 0 saturated carbocycles. The summed E-state index contributed by atoms with van der Waals surface area (Å²) in [6.45, 7) is 3.04. The molecule has 126 valence electrons. The highest BCUT2D eigenvalue weighted by atomic mass is 35.5. The second-order valence-corrected chi connectivity index (χ2v) is 5.87. The van der Waals surface area contributed by atoms with E-state index in [2.05, 4.69) is 15.6 Å². The molecule has 0 fully saturated rings. The summed E-state index contributed by atoms with van der Waals surface area (Å²) in [5.41, 5.74) is 0.783. The quantitative estimate of drug-likeness (QED) is 0.887. The molecule has 1 amide bonds. The van der Waals surface area contributed by atoms with Crippen LogP contribution in [0.25, 0.3) is 0 Å². The predicted octanol–water partition coefficient (Wildman–Crippen LogP) is 3.34. The normalized spacial score (nSPS) is 14.4. The number of hydrogen-bond acceptors (Lipinski definition) is 5. The van der Waals surface area contributed by atoms with Crippen molar-refractivity contribution in [2.45, 2.75) is 19.4 Å². The summed E-state index contributed by atoms with van der Waals surface area (Å²) in [7, 11) is 0. The molecule has 7 heteroatoms. The first kappa shape index (κ1) is 16.4. The number of aromatic nitrogens is 1. The number of amides is 1. The minimum Gasteiger partial charge on any atom is -0.490 e. The monoisotopic (exact) mass is 347 g/mol. The lowest BCUT2D eigenvalue weighted by atomic mass is 10.2. The van der Waals surface area contributed by atoms with Crippen molar-refractivity contribution in [1.29, 1.82) is 0 Å². The van der Waals surface area contributed by atoms with Crippen molar-refractivity contribution in [3.8, 4) is 11.5 Å². The number of carbonyl (C=O) groups is 1. The number of nitrogens with zero attached hydrogens (tertiary/aromatic N) is 1. The summed E-state index contributed by atoms with van der Waals surface area (Å²) in [4.78, 5) is 16.3. The third-order valence-corrected chi connectivity index (χ3v) is 3.73. The molecule has 6 nitrogen and oxygen atoms in total. The van der Waals surface area contributed by atoms with E-state index >= 15 is 0 Å². The Morgan fingerprint density at radius 2 is 2.00 bits per heavy atom. The molecule has 1 aliphatic heterocycles. The molecule has 0 saturated heterocycles. The van der Waals surface area contributed by atoms with Gasteiger partial charge in [0, 0.05) is 24.4 Å². The molecule has 0 spiro atoms. The Kier molecular flexibility index (Phi) is 5.05. The number of benzene rings is 1. The number of rotatable bonds is 4. The number of fused-ring (bicyclic) bond motifs is 1. The molecule has 2 aromatic rings. The summed E-state index contributed by atoms with van der Waals surface area (Å²) in [6, 6.07) is 8.41. The lowest BCUT2D eigenvalue weighted by Crippen LogP contribution is -2.32. The van der Waals surface area contributed by atoms with E-state index in [0.717, 1.165) is 17.9 Å². The second-order valence-electron chi connectivity index (χ2n) is 5.43. The van der Waals surface area contributed by atoms with Crippen molar-refractivity contribution in [3.05, 3.63) is 41.6 Å². The molecular weight excluding hydrogens is 330 g/mol. The molecule has 0 bridgehead atoms. The van der Waals surface area contributed by atoms with E-state index < -0.39 is 6.04 Å². The fraction of sp³-hybridized carbons (Fsp3) is 0.294. The number of ether oxygens (including phenoxy) is 2. The molecule has 0 unspecified atom stereocenters. The number of carbonyl (C=O) groups excluding carboxylic acids is 1. The van der Waals surface area contributed by atoms with E-state index in [9.17, 15) is 4.79 Å². The summed E-state index contributed by atoms with van der Waals surface area (Å²) >= 11 is 5.78. The van der Waals surface area contributed by atoms with Gasteiger partial charge in [0.05, 0.1) is 18.2 Å². The molecule has 1 aliphatic rings. The van der Waals surface area contributed by atoms with Crippen LogP contribution >= 0.6 is 11.6 Å². The fourth-order valence-corrected chi connectivity index (χ4v) is 2.36. The van der Waals surface area contributed by atoms with Crippen LogP contribution in [0.15, 0.2) is 36.5 Å². The largest absolute Gasteiger partial charge is 0.490 e. The number of anilines is 2. The van der Waals surface area contributed by atoms with Gasteiger partial charge < -0.3 is 20.1 Å². The smallest absolute Gasteiger partial charge is 0.247 e. The summed E-state index contributed by atoms with van der Waals surface area (Å²) in [6.07, 6.45) is 2.34. The van der Waals surface area contributed by atoms with Crippen molar-refractivity contribution in [2.75, 3.05) is 23.8 Å². The SMILES string of the molecule is C[C@H](Nc1ccc2c(c1)OCCCO2)C(=O)Nc1ccc(Cl)cn1. The van der Waals surface area contributed by atoms with Gasteiger partial charge in [0.2, 0.25) is 5.91 Å². The number of pyridine rings is 1. The first-order valence-electron chi connectivity index (χ1n) is 7.70. The van der Waals surface area contributed by atoms with Gasteiger partial charge in [-0.3, -0.25) is 4.79 Å². The molecule has 0 radical (unpaired) electrons. The zero-order chi connectivity index (χ0) is 16.9. The average molecular weight is 348 g/mol. The fourth-order valence-electron chi connectivity index (χ4n) is 2.25. The van der Waals surface area contributed by atoms with Crippen molar-refractivity contribution >= 4 is 29.0 Å². The molecule has 1 aromatic heterocycles. The van der Waals surface area contributed by atoms with E-state index in [0.29, 0.717) is 29.8 Å². The number of hydrogen-bond donors (Lipinski definition) is 2. The van der Waals surface area contributed by atoms with E-state index in [4.69, 9.17) is 21.1 Å². The molecular formula is C17H18ClN3O3. The standard InChI is InChI=1S/C17H18ClN3O3/c1-11(17(22)21-16-6-3-12(18)10-19-16)20-13-4-5-14-15(9-13)24-8-2-7-23-14/h3-6,9-11,20H,2,7-8H2,1H3,(H,19,21,22)/t11-/m0/s1. The molecule has 0 aliphatic carbocycles. The van der Waals surface area contributed by atoms with Crippen LogP contribution in [0.1, 0.15) is 13.3 Å². The van der Waals surface area contributed by atoms with Crippen LogP contribution < -0.4 is 20.1 Å². The highest BCUT2D eigenvalue weighted by Crippen LogP contribution is 2.32. The van der Waals surface area contributed by atoms with Crippen LogP contribution in [0, 0.1) is 0 Å². The Balaban J connectivity index is 1.63. The van der Waals surface area contributed by atoms with Crippen molar-refractivity contribution in [2.24, 2.45) is 0 Å². The highest BCUT2D eigenvalue weighted by Gasteiger charge is 2.16. The van der Waals surface area contributed by atoms with Gasteiger partial charge in [0.25, 0.3) is 0 Å². The second kappa shape index (κ2) is 7.40. The van der Waals surface area contributed by atoms with E-state index in [1.807, 2.05) is 18.2 Å². The first-order chi connectivity index (χ1) is 11.6. The molecule has 2 N–H and O–H groups in total. The molecule has 3 rings (SSSR count). The Bertz CT molecular complexity index is 722. The van der Waals surface area contributed by atoms with Gasteiger partial charge in [0.15, 0.2) is 11.5 Å². The van der Waals surface area contributed by atoms with Crippen molar-refractivity contribution in [3.63, 3.8) is 0 Å². The van der Waals surface area contributed by atoms with Crippen LogP contribution in [0.5, 0.6) is 11.5 Å². The minimum absolute atomic E-state index is 0.197. The van der Waals surface area contributed by atoms with Gasteiger partial charge in [-0.15, -0.1) is 0 Å². The topological polar surface area (TPSA) is 72.5 Å². The van der Waals surface area contributed by atoms with Crippen LogP contribution in [0.3, 0.4) is 0 Å². The highest BCUT2D eigenvalue weighted by molar-refractivity contribution is 6.30. The van der Waals surface area contributed by atoms with Gasteiger partial charge in [-0.2, -0.15) is 0 Å². The molecule has 24 heavy (non-hydrogen) atoms. The summed E-state index contributed by atoms with van der Waals surface area (Å²) in [5.74, 6) is 1.67. The van der Waals surface area contributed by atoms with Gasteiger partial charge in [-0.1, -0.05) is 11.6 Å². The predicted molar refractivity (Wildman–Crippen MR) is 93.0 cm³/mol. The Labute approximate surface area is 145 Å². The first-order valence-corrected chi connectivity index (χ1v) is 8.08. The molecule has 2 heterocycles.